The summed E-state index contributed by atoms with van der Waals surface area (Å²) in [5.74, 6) is 2.12. The zero-order valence-corrected chi connectivity index (χ0v) is 14.9. The highest BCUT2D eigenvalue weighted by Gasteiger charge is 2.17. The molecule has 0 heteroatoms. The summed E-state index contributed by atoms with van der Waals surface area (Å²) in [6.45, 7) is 15.5. The molecule has 0 amide bonds. The van der Waals surface area contributed by atoms with Crippen molar-refractivity contribution in [3.63, 3.8) is 0 Å². The fraction of sp³-hybridized carbons (Fsp3) is 0.524. The molecule has 0 bridgehead atoms. The van der Waals surface area contributed by atoms with Gasteiger partial charge in [-0.15, -0.1) is 0 Å². The van der Waals surface area contributed by atoms with E-state index in [0.717, 1.165) is 5.92 Å². The van der Waals surface area contributed by atoms with E-state index in [1.165, 1.54) is 28.3 Å². The van der Waals surface area contributed by atoms with Gasteiger partial charge in [-0.1, -0.05) is 83.5 Å². The Hall–Kier alpha value is -1.30. The van der Waals surface area contributed by atoms with Crippen LogP contribution in [0.1, 0.15) is 65.0 Å². The van der Waals surface area contributed by atoms with Gasteiger partial charge in [0.05, 0.1) is 0 Å². The Morgan fingerprint density at radius 3 is 1.95 bits per heavy atom. The van der Waals surface area contributed by atoms with E-state index in [1.807, 2.05) is 13.8 Å². The minimum absolute atomic E-state index is 0.672. The van der Waals surface area contributed by atoms with Gasteiger partial charge in [-0.05, 0) is 47.4 Å². The van der Waals surface area contributed by atoms with Gasteiger partial charge in [-0.25, -0.2) is 0 Å². The van der Waals surface area contributed by atoms with E-state index in [2.05, 4.69) is 71.0 Å². The highest BCUT2D eigenvalue weighted by Crippen LogP contribution is 2.32. The molecule has 0 aliphatic rings. The third-order valence-corrected chi connectivity index (χ3v) is 3.98. The standard InChI is InChI=1S/C19H26.C2H6/c1-13(2)10-19(14(3)4)18-9-8-16-11-15(5)6-7-17(16)12-18;1-2/h6-9,11-14,19H,10H2,1-5H3;1-2H3. The van der Waals surface area contributed by atoms with Crippen LogP contribution in [0.2, 0.25) is 0 Å². The monoisotopic (exact) mass is 284 g/mol. The van der Waals surface area contributed by atoms with Crippen LogP contribution in [-0.4, -0.2) is 0 Å². The zero-order valence-electron chi connectivity index (χ0n) is 14.9. The third kappa shape index (κ3) is 4.88. The van der Waals surface area contributed by atoms with E-state index in [9.17, 15) is 0 Å². The molecule has 2 rings (SSSR count). The predicted octanol–water partition coefficient (Wildman–Crippen LogP) is 6.96. The van der Waals surface area contributed by atoms with Gasteiger partial charge in [0.1, 0.15) is 0 Å². The van der Waals surface area contributed by atoms with Crippen molar-refractivity contribution in [3.8, 4) is 0 Å². The fourth-order valence-corrected chi connectivity index (χ4v) is 2.92. The van der Waals surface area contributed by atoms with Crippen molar-refractivity contribution >= 4 is 10.8 Å². The van der Waals surface area contributed by atoms with Crippen LogP contribution >= 0.6 is 0 Å². The van der Waals surface area contributed by atoms with Crippen molar-refractivity contribution in [2.24, 2.45) is 11.8 Å². The molecule has 0 radical (unpaired) electrons. The van der Waals surface area contributed by atoms with Gasteiger partial charge in [0.15, 0.2) is 0 Å². The molecule has 2 aromatic rings. The van der Waals surface area contributed by atoms with Gasteiger partial charge < -0.3 is 0 Å². The second-order valence-corrected chi connectivity index (χ2v) is 6.59. The van der Waals surface area contributed by atoms with Crippen LogP contribution in [-0.2, 0) is 0 Å². The molecule has 1 atom stereocenters. The Labute approximate surface area is 131 Å². The van der Waals surface area contributed by atoms with Crippen molar-refractivity contribution in [1.82, 2.24) is 0 Å². The maximum Gasteiger partial charge on any atom is -0.0136 e. The van der Waals surface area contributed by atoms with Crippen LogP contribution in [0.15, 0.2) is 36.4 Å². The zero-order chi connectivity index (χ0) is 16.0. The molecule has 0 aliphatic heterocycles. The maximum atomic E-state index is 2.39. The van der Waals surface area contributed by atoms with Crippen molar-refractivity contribution in [2.75, 3.05) is 0 Å². The van der Waals surface area contributed by atoms with Crippen LogP contribution in [0.25, 0.3) is 10.8 Å². The minimum Gasteiger partial charge on any atom is -0.0683 e. The molecule has 21 heavy (non-hydrogen) atoms. The molecule has 116 valence electrons. The molecular formula is C21H32. The summed E-state index contributed by atoms with van der Waals surface area (Å²) < 4.78 is 0. The molecule has 0 saturated carbocycles. The Bertz CT molecular complexity index is 549. The van der Waals surface area contributed by atoms with Gasteiger partial charge in [0.2, 0.25) is 0 Å². The van der Waals surface area contributed by atoms with Crippen LogP contribution in [0.5, 0.6) is 0 Å². The molecule has 0 spiro atoms. The van der Waals surface area contributed by atoms with Crippen LogP contribution in [0.4, 0.5) is 0 Å². The quantitative estimate of drug-likeness (QED) is 0.569. The van der Waals surface area contributed by atoms with Crippen LogP contribution in [0.3, 0.4) is 0 Å². The average Bonchev–Trinajstić information content (AvgIpc) is 2.46. The molecule has 0 fully saturated rings. The lowest BCUT2D eigenvalue weighted by atomic mass is 9.81. The Kier molecular flexibility index (Phi) is 6.95. The largest absolute Gasteiger partial charge is 0.0683 e. The van der Waals surface area contributed by atoms with Gasteiger partial charge >= 0.3 is 0 Å². The van der Waals surface area contributed by atoms with Gasteiger partial charge in [-0.3, -0.25) is 0 Å². The minimum atomic E-state index is 0.672. The molecule has 0 N–H and O–H groups in total. The van der Waals surface area contributed by atoms with Crippen molar-refractivity contribution < 1.29 is 0 Å². The average molecular weight is 284 g/mol. The number of benzene rings is 2. The van der Waals surface area contributed by atoms with E-state index in [-0.39, 0.29) is 0 Å². The molecule has 2 aromatic carbocycles. The van der Waals surface area contributed by atoms with E-state index in [0.29, 0.717) is 11.8 Å². The van der Waals surface area contributed by atoms with Crippen LogP contribution in [0, 0.1) is 18.8 Å². The molecular weight excluding hydrogens is 252 g/mol. The smallest absolute Gasteiger partial charge is 0.0136 e. The van der Waals surface area contributed by atoms with Crippen LogP contribution < -0.4 is 0 Å². The summed E-state index contributed by atoms with van der Waals surface area (Å²) in [6.07, 6.45) is 1.27. The number of rotatable bonds is 4. The number of hydrogen-bond acceptors (Lipinski definition) is 0. The molecule has 0 saturated heterocycles. The van der Waals surface area contributed by atoms with Crippen molar-refractivity contribution in [1.29, 1.82) is 0 Å². The van der Waals surface area contributed by atoms with E-state index in [4.69, 9.17) is 0 Å². The van der Waals surface area contributed by atoms with Gasteiger partial charge in [0.25, 0.3) is 0 Å². The lowest BCUT2D eigenvalue weighted by Gasteiger charge is -2.23. The highest BCUT2D eigenvalue weighted by atomic mass is 14.2. The number of fused-ring (bicyclic) bond motifs is 1. The second kappa shape index (κ2) is 8.22. The first-order chi connectivity index (χ1) is 9.97. The first-order valence-electron chi connectivity index (χ1n) is 8.47. The van der Waals surface area contributed by atoms with Crippen molar-refractivity contribution in [2.45, 2.75) is 60.8 Å². The fourth-order valence-electron chi connectivity index (χ4n) is 2.92. The number of hydrogen-bond donors (Lipinski definition) is 0. The molecule has 0 heterocycles. The van der Waals surface area contributed by atoms with Gasteiger partial charge in [-0.2, -0.15) is 0 Å². The SMILES string of the molecule is CC.Cc1ccc2cc(C(CC(C)C)C(C)C)ccc2c1. The molecule has 0 aliphatic carbocycles. The lowest BCUT2D eigenvalue weighted by molar-refractivity contribution is 0.408. The predicted molar refractivity (Wildman–Crippen MR) is 97.1 cm³/mol. The van der Waals surface area contributed by atoms with E-state index < -0.39 is 0 Å². The Morgan fingerprint density at radius 2 is 1.38 bits per heavy atom. The maximum absolute atomic E-state index is 2.39. The topological polar surface area (TPSA) is 0 Å². The summed E-state index contributed by atoms with van der Waals surface area (Å²) in [6, 6.07) is 13.7. The molecule has 0 aromatic heterocycles. The summed E-state index contributed by atoms with van der Waals surface area (Å²) in [7, 11) is 0. The van der Waals surface area contributed by atoms with E-state index in [1.54, 1.807) is 0 Å². The number of aryl methyl sites for hydroxylation is 1. The summed E-state index contributed by atoms with van der Waals surface area (Å²) >= 11 is 0. The van der Waals surface area contributed by atoms with Crippen molar-refractivity contribution in [3.05, 3.63) is 47.5 Å². The normalized spacial score (nSPS) is 12.4. The second-order valence-electron chi connectivity index (χ2n) is 6.59. The molecule has 1 unspecified atom stereocenters. The van der Waals surface area contributed by atoms with E-state index >= 15 is 0 Å². The first-order valence-corrected chi connectivity index (χ1v) is 8.47. The third-order valence-electron chi connectivity index (χ3n) is 3.98. The summed E-state index contributed by atoms with van der Waals surface area (Å²) in [4.78, 5) is 0. The van der Waals surface area contributed by atoms with Gasteiger partial charge in [0, 0.05) is 0 Å². The molecule has 0 nitrogen and oxygen atoms in total. The summed E-state index contributed by atoms with van der Waals surface area (Å²) in [5.41, 5.74) is 2.84. The Balaban J connectivity index is 0.00000106. The lowest BCUT2D eigenvalue weighted by Crippen LogP contribution is -2.09. The Morgan fingerprint density at radius 1 is 0.810 bits per heavy atom. The summed E-state index contributed by atoms with van der Waals surface area (Å²) in [5, 5.41) is 2.73. The first kappa shape index (κ1) is 17.8. The highest BCUT2D eigenvalue weighted by molar-refractivity contribution is 5.83.